The number of hydrogen-bond acceptors (Lipinski definition) is 1. The van der Waals surface area contributed by atoms with Gasteiger partial charge in [-0.1, -0.05) is 27.7 Å². The van der Waals surface area contributed by atoms with Gasteiger partial charge in [0.05, 0.1) is 0 Å². The van der Waals surface area contributed by atoms with E-state index in [9.17, 15) is 0 Å². The maximum absolute atomic E-state index is 3.44. The topological polar surface area (TPSA) is 12.0 Å². The van der Waals surface area contributed by atoms with Gasteiger partial charge in [0.25, 0.3) is 0 Å². The van der Waals surface area contributed by atoms with E-state index in [1.54, 1.807) is 0 Å². The second-order valence-electron chi connectivity index (χ2n) is 4.50. The first-order chi connectivity index (χ1) is 6.00. The summed E-state index contributed by atoms with van der Waals surface area (Å²) < 4.78 is 0. The van der Waals surface area contributed by atoms with Crippen LogP contribution in [0.1, 0.15) is 41.0 Å². The molecule has 0 spiro atoms. The lowest BCUT2D eigenvalue weighted by atomic mass is 9.81. The number of rotatable bonds is 5. The van der Waals surface area contributed by atoms with E-state index in [1.807, 2.05) is 6.92 Å². The molecule has 0 unspecified atom stereocenters. The normalized spacial score (nSPS) is 11.2. The molecule has 0 fully saturated rings. The van der Waals surface area contributed by atoms with Crippen molar-refractivity contribution in [1.82, 2.24) is 5.32 Å². The molecule has 1 nitrogen and oxygen atoms in total. The Morgan fingerprint density at radius 3 is 2.38 bits per heavy atom. The Kier molecular flexibility index (Phi) is 5.82. The van der Waals surface area contributed by atoms with Crippen molar-refractivity contribution in [2.75, 3.05) is 13.1 Å². The van der Waals surface area contributed by atoms with Gasteiger partial charge in [-0.05, 0) is 18.3 Å². The summed E-state index contributed by atoms with van der Waals surface area (Å²) >= 11 is 0. The second-order valence-corrected chi connectivity index (χ2v) is 4.50. The van der Waals surface area contributed by atoms with Gasteiger partial charge < -0.3 is 5.32 Å². The Hall–Kier alpha value is -0.480. The zero-order valence-electron chi connectivity index (χ0n) is 9.70. The highest BCUT2D eigenvalue weighted by molar-refractivity contribution is 4.95. The first-order valence-corrected chi connectivity index (χ1v) is 5.11. The minimum absolute atomic E-state index is 0.389. The Balaban J connectivity index is 3.56. The lowest BCUT2D eigenvalue weighted by Gasteiger charge is -2.29. The Bertz CT molecular complexity index is 181. The molecule has 0 saturated heterocycles. The number of hydrogen-bond donors (Lipinski definition) is 1. The van der Waals surface area contributed by atoms with E-state index < -0.39 is 0 Å². The van der Waals surface area contributed by atoms with Crippen molar-refractivity contribution in [1.29, 1.82) is 0 Å². The zero-order valence-corrected chi connectivity index (χ0v) is 9.70. The van der Waals surface area contributed by atoms with Crippen LogP contribution in [0.2, 0.25) is 0 Å². The molecule has 0 aliphatic rings. The van der Waals surface area contributed by atoms with E-state index in [-0.39, 0.29) is 0 Å². The Morgan fingerprint density at radius 2 is 1.92 bits per heavy atom. The molecule has 0 saturated carbocycles. The number of nitrogens with one attached hydrogen (secondary N) is 1. The molecular weight excluding hydrogens is 158 g/mol. The van der Waals surface area contributed by atoms with E-state index in [4.69, 9.17) is 0 Å². The molecule has 0 rings (SSSR count). The molecule has 76 valence electrons. The fourth-order valence-electron chi connectivity index (χ4n) is 0.891. The predicted octanol–water partition coefficient (Wildman–Crippen LogP) is 2.67. The maximum Gasteiger partial charge on any atom is 0.0214 e. The average molecular weight is 181 g/mol. The van der Waals surface area contributed by atoms with Gasteiger partial charge in [0, 0.05) is 19.5 Å². The summed E-state index contributed by atoms with van der Waals surface area (Å²) in [6.07, 6.45) is 0.963. The summed E-state index contributed by atoms with van der Waals surface area (Å²) in [5.74, 6) is 6.67. The lowest BCUT2D eigenvalue weighted by molar-refractivity contribution is 0.239. The smallest absolute Gasteiger partial charge is 0.0214 e. The molecule has 0 aliphatic heterocycles. The summed E-state index contributed by atoms with van der Waals surface area (Å²) in [6.45, 7) is 13.1. The molecular formula is C12H23N. The molecule has 1 heteroatoms. The van der Waals surface area contributed by atoms with Crippen molar-refractivity contribution in [2.24, 2.45) is 11.3 Å². The second kappa shape index (κ2) is 6.05. The fraction of sp³-hybridized carbons (Fsp3) is 0.833. The fourth-order valence-corrected chi connectivity index (χ4v) is 0.891. The highest BCUT2D eigenvalue weighted by atomic mass is 14.9. The van der Waals surface area contributed by atoms with Gasteiger partial charge in [-0.3, -0.25) is 0 Å². The van der Waals surface area contributed by atoms with Crippen LogP contribution < -0.4 is 5.32 Å². The third-order valence-electron chi connectivity index (χ3n) is 2.75. The first-order valence-electron chi connectivity index (χ1n) is 5.11. The van der Waals surface area contributed by atoms with Crippen molar-refractivity contribution in [3.8, 4) is 11.8 Å². The van der Waals surface area contributed by atoms with Gasteiger partial charge in [-0.25, -0.2) is 0 Å². The molecule has 13 heavy (non-hydrogen) atoms. The molecule has 0 aromatic rings. The summed E-state index contributed by atoms with van der Waals surface area (Å²) in [4.78, 5) is 0. The molecule has 0 heterocycles. The third kappa shape index (κ3) is 5.71. The van der Waals surface area contributed by atoms with Crippen LogP contribution in [0.25, 0.3) is 0 Å². The van der Waals surface area contributed by atoms with Crippen molar-refractivity contribution >= 4 is 0 Å². The van der Waals surface area contributed by atoms with E-state index in [0.717, 1.165) is 25.4 Å². The van der Waals surface area contributed by atoms with Crippen molar-refractivity contribution in [3.63, 3.8) is 0 Å². The molecule has 0 aromatic heterocycles. The van der Waals surface area contributed by atoms with Crippen LogP contribution in [-0.2, 0) is 0 Å². The van der Waals surface area contributed by atoms with E-state index in [0.29, 0.717) is 5.41 Å². The van der Waals surface area contributed by atoms with Gasteiger partial charge in [-0.15, -0.1) is 11.8 Å². The maximum atomic E-state index is 3.44. The van der Waals surface area contributed by atoms with Crippen LogP contribution in [0.15, 0.2) is 0 Å². The molecule has 0 amide bonds. The monoisotopic (exact) mass is 181 g/mol. The van der Waals surface area contributed by atoms with Crippen molar-refractivity contribution in [2.45, 2.75) is 41.0 Å². The SMILES string of the molecule is CC#CCCNCC(C)(C)C(C)C. The standard InChI is InChI=1S/C12H23N/c1-6-7-8-9-13-10-12(4,5)11(2)3/h11,13H,8-10H2,1-5H3. The zero-order chi connectivity index (χ0) is 10.3. The van der Waals surface area contributed by atoms with Gasteiger partial charge in [0.15, 0.2) is 0 Å². The predicted molar refractivity (Wildman–Crippen MR) is 59.6 cm³/mol. The highest BCUT2D eigenvalue weighted by Crippen LogP contribution is 2.24. The Labute approximate surface area is 83.3 Å². The van der Waals surface area contributed by atoms with Gasteiger partial charge in [-0.2, -0.15) is 0 Å². The van der Waals surface area contributed by atoms with Crippen LogP contribution in [-0.4, -0.2) is 13.1 Å². The van der Waals surface area contributed by atoms with Crippen LogP contribution in [0.4, 0.5) is 0 Å². The molecule has 1 N–H and O–H groups in total. The quantitative estimate of drug-likeness (QED) is 0.508. The van der Waals surface area contributed by atoms with Crippen molar-refractivity contribution < 1.29 is 0 Å². The Morgan fingerprint density at radius 1 is 1.31 bits per heavy atom. The average Bonchev–Trinajstić information content (AvgIpc) is 2.03. The van der Waals surface area contributed by atoms with Gasteiger partial charge in [0.2, 0.25) is 0 Å². The third-order valence-corrected chi connectivity index (χ3v) is 2.75. The summed E-state index contributed by atoms with van der Waals surface area (Å²) in [6, 6.07) is 0. The lowest BCUT2D eigenvalue weighted by Crippen LogP contribution is -2.33. The van der Waals surface area contributed by atoms with Crippen LogP contribution in [0.5, 0.6) is 0 Å². The molecule has 0 atom stereocenters. The molecule has 0 aliphatic carbocycles. The van der Waals surface area contributed by atoms with Crippen LogP contribution in [0.3, 0.4) is 0 Å². The van der Waals surface area contributed by atoms with E-state index in [2.05, 4.69) is 44.9 Å². The minimum atomic E-state index is 0.389. The highest BCUT2D eigenvalue weighted by Gasteiger charge is 2.20. The first kappa shape index (κ1) is 12.5. The minimum Gasteiger partial charge on any atom is -0.315 e. The van der Waals surface area contributed by atoms with E-state index >= 15 is 0 Å². The largest absolute Gasteiger partial charge is 0.315 e. The molecule has 0 radical (unpaired) electrons. The van der Waals surface area contributed by atoms with Crippen LogP contribution in [0, 0.1) is 23.2 Å². The van der Waals surface area contributed by atoms with Gasteiger partial charge >= 0.3 is 0 Å². The summed E-state index contributed by atoms with van der Waals surface area (Å²) in [7, 11) is 0. The summed E-state index contributed by atoms with van der Waals surface area (Å²) in [5.41, 5.74) is 0.389. The van der Waals surface area contributed by atoms with E-state index in [1.165, 1.54) is 0 Å². The van der Waals surface area contributed by atoms with Gasteiger partial charge in [0.1, 0.15) is 0 Å². The van der Waals surface area contributed by atoms with Crippen molar-refractivity contribution in [3.05, 3.63) is 0 Å². The van der Waals surface area contributed by atoms with Crippen LogP contribution >= 0.6 is 0 Å². The molecule has 0 bridgehead atoms. The summed E-state index contributed by atoms with van der Waals surface area (Å²) in [5, 5.41) is 3.44. The molecule has 0 aromatic carbocycles.